The maximum Gasteiger partial charge on any atom is 0.325 e. The van der Waals surface area contributed by atoms with Crippen LogP contribution in [-0.4, -0.2) is 41.9 Å². The Labute approximate surface area is 114 Å². The number of nitro groups is 1. The van der Waals surface area contributed by atoms with Gasteiger partial charge in [0.2, 0.25) is 5.82 Å². The average molecular weight is 284 g/mol. The zero-order valence-corrected chi connectivity index (χ0v) is 11.0. The molecule has 0 bridgehead atoms. The molecule has 0 fully saturated rings. The van der Waals surface area contributed by atoms with Crippen molar-refractivity contribution in [1.29, 1.82) is 0 Å². The van der Waals surface area contributed by atoms with Crippen molar-refractivity contribution in [3.8, 4) is 0 Å². The Kier molecular flexibility index (Phi) is 5.13. The molecule has 1 rings (SSSR count). The number of halogens is 1. The van der Waals surface area contributed by atoms with Crippen LogP contribution in [0.1, 0.15) is 17.3 Å². The van der Waals surface area contributed by atoms with Gasteiger partial charge in [-0.2, -0.15) is 4.39 Å². The van der Waals surface area contributed by atoms with Crippen molar-refractivity contribution in [3.05, 3.63) is 39.7 Å². The van der Waals surface area contributed by atoms with E-state index >= 15 is 0 Å². The minimum absolute atomic E-state index is 0.0834. The van der Waals surface area contributed by atoms with Crippen molar-refractivity contribution in [2.45, 2.75) is 6.92 Å². The van der Waals surface area contributed by atoms with E-state index in [1.807, 2.05) is 0 Å². The smallest absolute Gasteiger partial charge is 0.325 e. The Morgan fingerprint density at radius 2 is 2.10 bits per heavy atom. The second-order valence-corrected chi connectivity index (χ2v) is 3.89. The van der Waals surface area contributed by atoms with Crippen LogP contribution in [0.5, 0.6) is 0 Å². The van der Waals surface area contributed by atoms with Gasteiger partial charge in [0.05, 0.1) is 11.5 Å². The van der Waals surface area contributed by atoms with Gasteiger partial charge >= 0.3 is 11.7 Å². The van der Waals surface area contributed by atoms with Gasteiger partial charge in [0.15, 0.2) is 0 Å². The van der Waals surface area contributed by atoms with E-state index in [0.29, 0.717) is 0 Å². The van der Waals surface area contributed by atoms with E-state index in [-0.39, 0.29) is 18.7 Å². The molecule has 0 heterocycles. The number of nitrogens with zero attached hydrogens (tertiary/aromatic N) is 2. The fourth-order valence-electron chi connectivity index (χ4n) is 1.48. The molecule has 0 spiro atoms. The second kappa shape index (κ2) is 6.60. The minimum atomic E-state index is -1.11. The van der Waals surface area contributed by atoms with Crippen molar-refractivity contribution in [1.82, 2.24) is 4.90 Å². The maximum atomic E-state index is 13.4. The van der Waals surface area contributed by atoms with Gasteiger partial charge in [0.1, 0.15) is 6.54 Å². The summed E-state index contributed by atoms with van der Waals surface area (Å²) in [6.45, 7) is 1.53. The second-order valence-electron chi connectivity index (χ2n) is 3.89. The number of nitro benzene ring substituents is 1. The normalized spacial score (nSPS) is 9.95. The molecule has 7 nitrogen and oxygen atoms in total. The fourth-order valence-corrected chi connectivity index (χ4v) is 1.48. The SMILES string of the molecule is CCOC(=O)CN(C)C(=O)c1ccc([N+](=O)[O-])c(F)c1. The van der Waals surface area contributed by atoms with Gasteiger partial charge in [0, 0.05) is 18.7 Å². The molecular formula is C12H13FN2O5. The van der Waals surface area contributed by atoms with Gasteiger partial charge in [-0.05, 0) is 19.1 Å². The topological polar surface area (TPSA) is 89.8 Å². The first kappa shape index (κ1) is 15.5. The predicted molar refractivity (Wildman–Crippen MR) is 66.6 cm³/mol. The molecule has 1 aromatic carbocycles. The van der Waals surface area contributed by atoms with Crippen LogP contribution in [0.2, 0.25) is 0 Å². The van der Waals surface area contributed by atoms with E-state index in [1.54, 1.807) is 6.92 Å². The Balaban J connectivity index is 2.84. The third kappa shape index (κ3) is 3.74. The Morgan fingerprint density at radius 3 is 2.60 bits per heavy atom. The monoisotopic (exact) mass is 284 g/mol. The molecule has 20 heavy (non-hydrogen) atoms. The number of rotatable bonds is 5. The van der Waals surface area contributed by atoms with E-state index in [1.165, 1.54) is 7.05 Å². The Morgan fingerprint density at radius 1 is 1.45 bits per heavy atom. The van der Waals surface area contributed by atoms with E-state index in [2.05, 4.69) is 4.74 Å². The van der Waals surface area contributed by atoms with Crippen molar-refractivity contribution in [2.24, 2.45) is 0 Å². The number of benzene rings is 1. The largest absolute Gasteiger partial charge is 0.465 e. The van der Waals surface area contributed by atoms with Crippen molar-refractivity contribution < 1.29 is 23.6 Å². The highest BCUT2D eigenvalue weighted by Crippen LogP contribution is 2.18. The van der Waals surface area contributed by atoms with Crippen molar-refractivity contribution in [3.63, 3.8) is 0 Å². The zero-order chi connectivity index (χ0) is 15.3. The molecule has 0 aliphatic rings. The summed E-state index contributed by atoms with van der Waals surface area (Å²) in [6, 6.07) is 2.80. The van der Waals surface area contributed by atoms with Gasteiger partial charge in [0.25, 0.3) is 5.91 Å². The first-order valence-corrected chi connectivity index (χ1v) is 5.71. The number of esters is 1. The highest BCUT2D eigenvalue weighted by atomic mass is 19.1. The number of carbonyl (C=O) groups is 2. The maximum absolute atomic E-state index is 13.4. The first-order chi connectivity index (χ1) is 9.36. The highest BCUT2D eigenvalue weighted by molar-refractivity contribution is 5.96. The van der Waals surface area contributed by atoms with E-state index in [0.717, 1.165) is 23.1 Å². The summed E-state index contributed by atoms with van der Waals surface area (Å²) in [6.07, 6.45) is 0. The van der Waals surface area contributed by atoms with Crippen LogP contribution in [-0.2, 0) is 9.53 Å². The van der Waals surface area contributed by atoms with Crippen LogP contribution < -0.4 is 0 Å². The van der Waals surface area contributed by atoms with Crippen LogP contribution in [0, 0.1) is 15.9 Å². The molecule has 0 aliphatic carbocycles. The minimum Gasteiger partial charge on any atom is -0.465 e. The van der Waals surface area contributed by atoms with Gasteiger partial charge in [-0.25, -0.2) is 0 Å². The predicted octanol–water partition coefficient (Wildman–Crippen LogP) is 1.37. The quantitative estimate of drug-likeness (QED) is 0.462. The van der Waals surface area contributed by atoms with Crippen LogP contribution in [0.3, 0.4) is 0 Å². The van der Waals surface area contributed by atoms with Crippen LogP contribution >= 0.6 is 0 Å². The first-order valence-electron chi connectivity index (χ1n) is 5.71. The highest BCUT2D eigenvalue weighted by Gasteiger charge is 2.20. The number of hydrogen-bond acceptors (Lipinski definition) is 5. The molecule has 108 valence electrons. The molecule has 0 radical (unpaired) electrons. The van der Waals surface area contributed by atoms with Crippen molar-refractivity contribution in [2.75, 3.05) is 20.2 Å². The lowest BCUT2D eigenvalue weighted by atomic mass is 10.1. The van der Waals surface area contributed by atoms with Crippen LogP contribution in [0.25, 0.3) is 0 Å². The molecule has 1 amide bonds. The molecule has 0 aliphatic heterocycles. The molecule has 0 saturated heterocycles. The third-order valence-electron chi connectivity index (χ3n) is 2.41. The van der Waals surface area contributed by atoms with Crippen molar-refractivity contribution >= 4 is 17.6 Å². The van der Waals surface area contributed by atoms with E-state index in [9.17, 15) is 24.1 Å². The number of carbonyl (C=O) groups excluding carboxylic acids is 2. The Bertz CT molecular complexity index is 547. The number of likely N-dealkylation sites (N-methyl/N-ethyl adjacent to an activating group) is 1. The standard InChI is InChI=1S/C12H13FN2O5/c1-3-20-11(16)7-14(2)12(17)8-4-5-10(15(18)19)9(13)6-8/h4-6H,3,7H2,1-2H3. The average Bonchev–Trinajstić information content (AvgIpc) is 2.37. The summed E-state index contributed by atoms with van der Waals surface area (Å²) in [5, 5.41) is 10.5. The van der Waals surface area contributed by atoms with Crippen LogP contribution in [0.15, 0.2) is 18.2 Å². The molecular weight excluding hydrogens is 271 g/mol. The van der Waals surface area contributed by atoms with E-state index in [4.69, 9.17) is 0 Å². The molecule has 0 saturated carbocycles. The van der Waals surface area contributed by atoms with Gasteiger partial charge in [-0.1, -0.05) is 0 Å². The summed E-state index contributed by atoms with van der Waals surface area (Å²) in [5.41, 5.74) is -0.797. The number of hydrogen-bond donors (Lipinski definition) is 0. The number of amides is 1. The summed E-state index contributed by atoms with van der Waals surface area (Å²) < 4.78 is 18.1. The number of ether oxygens (including phenoxy) is 1. The zero-order valence-electron chi connectivity index (χ0n) is 11.0. The molecule has 1 aromatic rings. The summed E-state index contributed by atoms with van der Waals surface area (Å²) >= 11 is 0. The van der Waals surface area contributed by atoms with Gasteiger partial charge < -0.3 is 9.64 Å². The molecule has 0 atom stereocenters. The Hall–Kier alpha value is -2.51. The third-order valence-corrected chi connectivity index (χ3v) is 2.41. The van der Waals surface area contributed by atoms with Gasteiger partial charge in [-0.3, -0.25) is 19.7 Å². The lowest BCUT2D eigenvalue weighted by Gasteiger charge is -2.16. The van der Waals surface area contributed by atoms with Crippen LogP contribution in [0.4, 0.5) is 10.1 Å². The lowest BCUT2D eigenvalue weighted by Crippen LogP contribution is -2.33. The fraction of sp³-hybridized carbons (Fsp3) is 0.333. The molecule has 0 unspecified atom stereocenters. The summed E-state index contributed by atoms with van der Waals surface area (Å²) in [4.78, 5) is 33.7. The van der Waals surface area contributed by atoms with E-state index < -0.39 is 28.3 Å². The molecule has 8 heteroatoms. The summed E-state index contributed by atoms with van der Waals surface area (Å²) in [5.74, 6) is -2.33. The van der Waals surface area contributed by atoms with Gasteiger partial charge in [-0.15, -0.1) is 0 Å². The molecule has 0 aromatic heterocycles. The molecule has 0 N–H and O–H groups in total. The summed E-state index contributed by atoms with van der Waals surface area (Å²) in [7, 11) is 1.35. The lowest BCUT2D eigenvalue weighted by molar-refractivity contribution is -0.387.